The molecular formula is C16H21NO4. The summed E-state index contributed by atoms with van der Waals surface area (Å²) in [4.78, 5) is 25.4. The molecule has 1 fully saturated rings. The Morgan fingerprint density at radius 2 is 1.86 bits per heavy atom. The first-order valence-corrected chi connectivity index (χ1v) is 7.24. The summed E-state index contributed by atoms with van der Waals surface area (Å²) in [6, 6.07) is 9.29. The number of ether oxygens (including phenoxy) is 1. The number of aliphatic carboxylic acids is 1. The van der Waals surface area contributed by atoms with Gasteiger partial charge in [-0.1, -0.05) is 30.3 Å². The summed E-state index contributed by atoms with van der Waals surface area (Å²) in [5, 5.41) is 9.68. The lowest BCUT2D eigenvalue weighted by Crippen LogP contribution is -2.49. The monoisotopic (exact) mass is 291 g/mol. The van der Waals surface area contributed by atoms with Crippen LogP contribution in [0.5, 0.6) is 0 Å². The average Bonchev–Trinajstić information content (AvgIpc) is 2.53. The molecule has 0 spiro atoms. The molecule has 0 unspecified atom stereocenters. The molecule has 1 aliphatic heterocycles. The highest BCUT2D eigenvalue weighted by atomic mass is 16.5. The number of nitrogens with zero attached hydrogens (tertiary/aromatic N) is 1. The van der Waals surface area contributed by atoms with Crippen molar-refractivity contribution in [1.82, 2.24) is 4.90 Å². The van der Waals surface area contributed by atoms with E-state index in [1.165, 1.54) is 0 Å². The summed E-state index contributed by atoms with van der Waals surface area (Å²) in [5.41, 5.74) is -0.0710. The van der Waals surface area contributed by atoms with Gasteiger partial charge < -0.3 is 14.7 Å². The number of benzene rings is 1. The number of carboxylic acid groups (broad SMARTS) is 1. The van der Waals surface area contributed by atoms with Gasteiger partial charge in [0.05, 0.1) is 5.41 Å². The third-order valence-electron chi connectivity index (χ3n) is 4.14. The van der Waals surface area contributed by atoms with Crippen molar-refractivity contribution >= 4 is 11.9 Å². The van der Waals surface area contributed by atoms with Crippen LogP contribution in [0.3, 0.4) is 0 Å². The minimum absolute atomic E-state index is 0.0658. The molecule has 0 aromatic heterocycles. The fraction of sp³-hybridized carbons (Fsp3) is 0.500. The summed E-state index contributed by atoms with van der Waals surface area (Å²) in [6.45, 7) is 3.32. The molecular weight excluding hydrogens is 270 g/mol. The van der Waals surface area contributed by atoms with Crippen LogP contribution < -0.4 is 0 Å². The molecule has 1 saturated heterocycles. The van der Waals surface area contributed by atoms with Crippen LogP contribution in [0.2, 0.25) is 0 Å². The maximum absolute atomic E-state index is 11.9. The number of piperidine rings is 1. The van der Waals surface area contributed by atoms with Crippen molar-refractivity contribution in [2.75, 3.05) is 26.3 Å². The highest BCUT2D eigenvalue weighted by Gasteiger charge is 2.43. The molecule has 5 nitrogen and oxygen atoms in total. The Balaban J connectivity index is 2.09. The Morgan fingerprint density at radius 1 is 1.24 bits per heavy atom. The van der Waals surface area contributed by atoms with Crippen LogP contribution >= 0.6 is 0 Å². The van der Waals surface area contributed by atoms with E-state index in [0.717, 1.165) is 5.56 Å². The molecule has 114 valence electrons. The van der Waals surface area contributed by atoms with Gasteiger partial charge in [-0.2, -0.15) is 0 Å². The van der Waals surface area contributed by atoms with Crippen LogP contribution in [-0.4, -0.2) is 48.2 Å². The molecule has 0 aliphatic carbocycles. The van der Waals surface area contributed by atoms with Gasteiger partial charge in [-0.15, -0.1) is 0 Å². The summed E-state index contributed by atoms with van der Waals surface area (Å²) >= 11 is 0. The quantitative estimate of drug-likeness (QED) is 0.896. The van der Waals surface area contributed by atoms with Crippen molar-refractivity contribution in [3.05, 3.63) is 35.9 Å². The van der Waals surface area contributed by atoms with Gasteiger partial charge in [-0.3, -0.25) is 9.59 Å². The number of carbonyl (C=O) groups excluding carboxylic acids is 1. The van der Waals surface area contributed by atoms with E-state index < -0.39 is 11.4 Å². The van der Waals surface area contributed by atoms with Crippen molar-refractivity contribution in [2.45, 2.75) is 25.2 Å². The van der Waals surface area contributed by atoms with E-state index in [9.17, 15) is 14.7 Å². The van der Waals surface area contributed by atoms with Crippen molar-refractivity contribution in [3.8, 4) is 0 Å². The minimum Gasteiger partial charge on any atom is -0.481 e. The molecule has 1 aromatic carbocycles. The molecule has 1 heterocycles. The van der Waals surface area contributed by atoms with E-state index in [2.05, 4.69) is 0 Å². The molecule has 21 heavy (non-hydrogen) atoms. The average molecular weight is 291 g/mol. The number of carbonyl (C=O) groups is 2. The van der Waals surface area contributed by atoms with Gasteiger partial charge in [0.1, 0.15) is 6.61 Å². The van der Waals surface area contributed by atoms with E-state index in [4.69, 9.17) is 4.74 Å². The molecule has 1 amide bonds. The number of hydrogen-bond acceptors (Lipinski definition) is 3. The van der Waals surface area contributed by atoms with Crippen LogP contribution in [0.15, 0.2) is 30.3 Å². The number of amides is 1. The zero-order valence-corrected chi connectivity index (χ0v) is 12.2. The zero-order valence-electron chi connectivity index (χ0n) is 12.2. The molecule has 1 aliphatic rings. The van der Waals surface area contributed by atoms with Crippen LogP contribution in [0.25, 0.3) is 0 Å². The summed E-state index contributed by atoms with van der Waals surface area (Å²) in [7, 11) is 0. The van der Waals surface area contributed by atoms with Crippen molar-refractivity contribution in [2.24, 2.45) is 0 Å². The van der Waals surface area contributed by atoms with Crippen molar-refractivity contribution in [1.29, 1.82) is 0 Å². The number of carboxylic acids is 1. The van der Waals surface area contributed by atoms with Crippen LogP contribution in [-0.2, 0) is 19.7 Å². The molecule has 1 N–H and O–H groups in total. The predicted octanol–water partition coefficient (Wildman–Crippen LogP) is 1.67. The highest BCUT2D eigenvalue weighted by Crippen LogP contribution is 2.35. The Bertz CT molecular complexity index is 492. The summed E-state index contributed by atoms with van der Waals surface area (Å²) in [5.74, 6) is -0.880. The largest absolute Gasteiger partial charge is 0.481 e. The Kier molecular flexibility index (Phi) is 4.96. The molecule has 5 heteroatoms. The molecule has 0 atom stereocenters. The van der Waals surface area contributed by atoms with Crippen molar-refractivity contribution < 1.29 is 19.4 Å². The SMILES string of the molecule is CCOCC(=O)N1CCC(C(=O)O)(c2ccccc2)CC1. The third-order valence-corrected chi connectivity index (χ3v) is 4.14. The second kappa shape index (κ2) is 6.72. The van der Waals surface area contributed by atoms with E-state index >= 15 is 0 Å². The van der Waals surface area contributed by atoms with E-state index in [1.807, 2.05) is 37.3 Å². The second-order valence-corrected chi connectivity index (χ2v) is 5.27. The zero-order chi connectivity index (χ0) is 15.3. The lowest BCUT2D eigenvalue weighted by Gasteiger charge is -2.39. The minimum atomic E-state index is -0.885. The number of rotatable bonds is 5. The standard InChI is InChI=1S/C16H21NO4/c1-2-21-12-14(18)17-10-8-16(9-11-17,15(19)20)13-6-4-3-5-7-13/h3-7H,2,8-12H2,1H3,(H,19,20). The molecule has 0 saturated carbocycles. The first kappa shape index (κ1) is 15.5. The van der Waals surface area contributed by atoms with Gasteiger partial charge in [0, 0.05) is 19.7 Å². The van der Waals surface area contributed by atoms with Gasteiger partial charge in [-0.05, 0) is 25.3 Å². The Labute approximate surface area is 124 Å². The van der Waals surface area contributed by atoms with Crippen LogP contribution in [0.1, 0.15) is 25.3 Å². The van der Waals surface area contributed by atoms with Gasteiger partial charge in [-0.25, -0.2) is 0 Å². The first-order chi connectivity index (χ1) is 10.1. The van der Waals surface area contributed by atoms with E-state index in [0.29, 0.717) is 32.5 Å². The van der Waals surface area contributed by atoms with Crippen molar-refractivity contribution in [3.63, 3.8) is 0 Å². The van der Waals surface area contributed by atoms with Gasteiger partial charge in [0.2, 0.25) is 5.91 Å². The number of hydrogen-bond donors (Lipinski definition) is 1. The predicted molar refractivity (Wildman–Crippen MR) is 78.1 cm³/mol. The van der Waals surface area contributed by atoms with Gasteiger partial charge >= 0.3 is 5.97 Å². The summed E-state index contributed by atoms with van der Waals surface area (Å²) < 4.78 is 5.13. The van der Waals surface area contributed by atoms with Crippen LogP contribution in [0.4, 0.5) is 0 Å². The molecule has 0 bridgehead atoms. The smallest absolute Gasteiger partial charge is 0.314 e. The maximum atomic E-state index is 11.9. The fourth-order valence-electron chi connectivity index (χ4n) is 2.80. The summed E-state index contributed by atoms with van der Waals surface area (Å²) in [6.07, 6.45) is 0.869. The van der Waals surface area contributed by atoms with Gasteiger partial charge in [0.25, 0.3) is 0 Å². The molecule has 1 aromatic rings. The lowest BCUT2D eigenvalue weighted by atomic mass is 9.73. The first-order valence-electron chi connectivity index (χ1n) is 7.24. The fourth-order valence-corrected chi connectivity index (χ4v) is 2.80. The molecule has 2 rings (SSSR count). The van der Waals surface area contributed by atoms with Gasteiger partial charge in [0.15, 0.2) is 0 Å². The van der Waals surface area contributed by atoms with E-state index in [1.54, 1.807) is 4.90 Å². The Morgan fingerprint density at radius 3 is 2.38 bits per heavy atom. The Hall–Kier alpha value is -1.88. The topological polar surface area (TPSA) is 66.8 Å². The molecule has 0 radical (unpaired) electrons. The maximum Gasteiger partial charge on any atom is 0.314 e. The highest BCUT2D eigenvalue weighted by molar-refractivity contribution is 5.83. The number of likely N-dealkylation sites (tertiary alicyclic amines) is 1. The lowest BCUT2D eigenvalue weighted by molar-refractivity contribution is -0.149. The third kappa shape index (κ3) is 3.24. The van der Waals surface area contributed by atoms with E-state index in [-0.39, 0.29) is 12.5 Å². The normalized spacial score (nSPS) is 17.5. The van der Waals surface area contributed by atoms with Crippen LogP contribution in [0, 0.1) is 0 Å². The second-order valence-electron chi connectivity index (χ2n) is 5.27.